The Morgan fingerprint density at radius 3 is 2.17 bits per heavy atom. The first-order valence-electron chi connectivity index (χ1n) is 13.1. The second-order valence-electron chi connectivity index (χ2n) is 9.95. The summed E-state index contributed by atoms with van der Waals surface area (Å²) in [5, 5.41) is 9.03. The number of hydrogen-bond acceptors (Lipinski definition) is 3. The lowest BCUT2D eigenvalue weighted by Crippen LogP contribution is -2.45. The van der Waals surface area contributed by atoms with Crippen LogP contribution in [-0.4, -0.2) is 23.3 Å². The van der Waals surface area contributed by atoms with Gasteiger partial charge in [-0.2, -0.15) is 0 Å². The van der Waals surface area contributed by atoms with Crippen LogP contribution in [0, 0.1) is 11.5 Å². The molecule has 0 spiro atoms. The maximum atomic E-state index is 7.17. The maximum Gasteiger partial charge on any atom is 0.278 e. The maximum absolute atomic E-state index is 7.17. The molecule has 0 radical (unpaired) electrons. The van der Waals surface area contributed by atoms with Gasteiger partial charge in [0.2, 0.25) is 0 Å². The van der Waals surface area contributed by atoms with Gasteiger partial charge in [-0.05, 0) is 28.6 Å². The number of rotatable bonds is 12. The summed E-state index contributed by atoms with van der Waals surface area (Å²) in [6.07, 6.45) is 7.63. The van der Waals surface area contributed by atoms with Crippen LogP contribution in [0.15, 0.2) is 66.9 Å². The minimum atomic E-state index is -2.45. The normalized spacial score (nSPS) is 12.5. The van der Waals surface area contributed by atoms with Gasteiger partial charge >= 0.3 is 0 Å². The van der Waals surface area contributed by atoms with E-state index in [9.17, 15) is 0 Å². The van der Waals surface area contributed by atoms with Crippen molar-refractivity contribution in [3.8, 4) is 11.5 Å². The minimum absolute atomic E-state index is 0.286. The van der Waals surface area contributed by atoms with Crippen molar-refractivity contribution in [2.24, 2.45) is 0 Å². The molecule has 1 atom stereocenters. The van der Waals surface area contributed by atoms with E-state index in [1.807, 2.05) is 23.0 Å². The molecule has 0 unspecified atom stereocenters. The summed E-state index contributed by atoms with van der Waals surface area (Å²) in [7, 11) is -2.45. The molecule has 0 saturated carbocycles. The van der Waals surface area contributed by atoms with E-state index < -0.39 is 8.32 Å². The van der Waals surface area contributed by atoms with Crippen molar-refractivity contribution in [1.29, 1.82) is 0 Å². The molecule has 5 heteroatoms. The Labute approximate surface area is 213 Å². The highest BCUT2D eigenvalue weighted by atomic mass is 28.4. The van der Waals surface area contributed by atoms with Crippen molar-refractivity contribution >= 4 is 8.32 Å². The third-order valence-corrected chi connectivity index (χ3v) is 11.2. The topological polar surface area (TPSA) is 39.9 Å². The molecule has 0 N–H and O–H groups in total. The molecule has 0 saturated heterocycles. The second kappa shape index (κ2) is 13.4. The standard InChI is InChI=1S/C30H41N3OSi/c1-6-7-8-9-10-17-22-35(25(2)3,26(4)5)34-30(28-20-15-12-16-21-28)29-24-33(32-31-29)23-27-18-13-11-14-19-27/h11-16,18-21,24-26,30H,6-10,23H2,1-5H3/t30-/m1/s1. The van der Waals surface area contributed by atoms with Crippen LogP contribution < -0.4 is 0 Å². The van der Waals surface area contributed by atoms with Gasteiger partial charge in [0.25, 0.3) is 8.32 Å². The highest BCUT2D eigenvalue weighted by Crippen LogP contribution is 2.39. The fraction of sp³-hybridized carbons (Fsp3) is 0.467. The van der Waals surface area contributed by atoms with Crippen LogP contribution >= 0.6 is 0 Å². The van der Waals surface area contributed by atoms with E-state index >= 15 is 0 Å². The Balaban J connectivity index is 1.92. The van der Waals surface area contributed by atoms with Gasteiger partial charge in [0, 0.05) is 6.42 Å². The Morgan fingerprint density at radius 2 is 1.54 bits per heavy atom. The summed E-state index contributed by atoms with van der Waals surface area (Å²) in [6.45, 7) is 12.0. The number of unbranched alkanes of at least 4 members (excludes halogenated alkanes) is 4. The molecule has 0 amide bonds. The zero-order valence-corrected chi connectivity index (χ0v) is 23.1. The molecule has 1 heterocycles. The number of hydrogen-bond donors (Lipinski definition) is 0. The zero-order valence-electron chi connectivity index (χ0n) is 22.1. The van der Waals surface area contributed by atoms with E-state index in [2.05, 4.69) is 105 Å². The largest absolute Gasteiger partial charge is 0.392 e. The summed E-state index contributed by atoms with van der Waals surface area (Å²) in [5.41, 5.74) is 7.59. The van der Waals surface area contributed by atoms with Crippen LogP contribution in [0.4, 0.5) is 0 Å². The second-order valence-corrected chi connectivity index (χ2v) is 14.3. The molecule has 0 aliphatic heterocycles. The molecular weight excluding hydrogens is 446 g/mol. The predicted molar refractivity (Wildman–Crippen MR) is 147 cm³/mol. The van der Waals surface area contributed by atoms with Crippen molar-refractivity contribution in [2.75, 3.05) is 0 Å². The van der Waals surface area contributed by atoms with Crippen molar-refractivity contribution < 1.29 is 4.43 Å². The zero-order chi connectivity index (χ0) is 25.1. The van der Waals surface area contributed by atoms with Crippen molar-refractivity contribution in [1.82, 2.24) is 15.0 Å². The molecule has 0 bridgehead atoms. The average Bonchev–Trinajstić information content (AvgIpc) is 3.32. The Hall–Kier alpha value is -2.68. The molecule has 4 nitrogen and oxygen atoms in total. The van der Waals surface area contributed by atoms with E-state index in [4.69, 9.17) is 4.43 Å². The molecule has 2 aromatic carbocycles. The minimum Gasteiger partial charge on any atom is -0.392 e. The van der Waals surface area contributed by atoms with Gasteiger partial charge in [0.05, 0.1) is 12.7 Å². The molecule has 3 aromatic rings. The highest BCUT2D eigenvalue weighted by molar-refractivity contribution is 6.84. The van der Waals surface area contributed by atoms with Crippen LogP contribution in [0.5, 0.6) is 0 Å². The number of benzene rings is 2. The Kier molecular flexibility index (Phi) is 10.3. The fourth-order valence-corrected chi connectivity index (χ4v) is 8.06. The number of aromatic nitrogens is 3. The molecular formula is C30H41N3OSi. The van der Waals surface area contributed by atoms with Gasteiger partial charge in [0.15, 0.2) is 0 Å². The third kappa shape index (κ3) is 7.40. The van der Waals surface area contributed by atoms with Crippen LogP contribution in [-0.2, 0) is 11.0 Å². The average molecular weight is 488 g/mol. The first-order chi connectivity index (χ1) is 17.0. The molecule has 3 rings (SSSR count). The van der Waals surface area contributed by atoms with Crippen LogP contribution in [0.1, 0.15) is 89.6 Å². The summed E-state index contributed by atoms with van der Waals surface area (Å²) in [4.78, 5) is 0. The van der Waals surface area contributed by atoms with Gasteiger partial charge in [-0.1, -0.05) is 125 Å². The Bertz CT molecular complexity index is 1060. The first-order valence-corrected chi connectivity index (χ1v) is 15.2. The summed E-state index contributed by atoms with van der Waals surface area (Å²) in [5.74, 6) is 3.54. The van der Waals surface area contributed by atoms with Gasteiger partial charge in [0.1, 0.15) is 11.8 Å². The van der Waals surface area contributed by atoms with E-state index in [1.165, 1.54) is 24.8 Å². The molecule has 0 aliphatic carbocycles. The molecule has 35 heavy (non-hydrogen) atoms. The van der Waals surface area contributed by atoms with Gasteiger partial charge < -0.3 is 4.43 Å². The van der Waals surface area contributed by atoms with Crippen molar-refractivity contribution in [3.63, 3.8) is 0 Å². The third-order valence-electron chi connectivity index (χ3n) is 6.58. The van der Waals surface area contributed by atoms with Crippen molar-refractivity contribution in [2.45, 2.75) is 90.5 Å². The van der Waals surface area contributed by atoms with Gasteiger partial charge in [-0.15, -0.1) is 11.0 Å². The van der Waals surface area contributed by atoms with Crippen LogP contribution in [0.2, 0.25) is 11.1 Å². The van der Waals surface area contributed by atoms with E-state index in [0.717, 1.165) is 24.1 Å². The summed E-state index contributed by atoms with van der Waals surface area (Å²) < 4.78 is 9.07. The fourth-order valence-electron chi connectivity index (χ4n) is 4.50. The summed E-state index contributed by atoms with van der Waals surface area (Å²) >= 11 is 0. The first kappa shape index (κ1) is 26.9. The molecule has 186 valence electrons. The smallest absolute Gasteiger partial charge is 0.278 e. The van der Waals surface area contributed by atoms with Crippen LogP contribution in [0.3, 0.4) is 0 Å². The molecule has 0 fully saturated rings. The van der Waals surface area contributed by atoms with Crippen molar-refractivity contribution in [3.05, 3.63) is 83.7 Å². The Morgan fingerprint density at radius 1 is 0.886 bits per heavy atom. The lowest BCUT2D eigenvalue weighted by Gasteiger charge is -2.37. The van der Waals surface area contributed by atoms with Gasteiger partial charge in [-0.25, -0.2) is 4.68 Å². The highest BCUT2D eigenvalue weighted by Gasteiger charge is 2.44. The van der Waals surface area contributed by atoms with Gasteiger partial charge in [-0.3, -0.25) is 0 Å². The van der Waals surface area contributed by atoms with E-state index in [0.29, 0.717) is 17.6 Å². The monoisotopic (exact) mass is 487 g/mol. The molecule has 1 aromatic heterocycles. The van der Waals surface area contributed by atoms with E-state index in [-0.39, 0.29) is 6.10 Å². The quantitative estimate of drug-likeness (QED) is 0.149. The summed E-state index contributed by atoms with van der Waals surface area (Å²) in [6, 6.07) is 20.8. The van der Waals surface area contributed by atoms with Crippen LogP contribution in [0.25, 0.3) is 0 Å². The SMILES string of the molecule is CCCCCCC#C[Si](O[C@H](c1ccccc1)c1cn(Cc2ccccc2)nn1)(C(C)C)C(C)C. The lowest BCUT2D eigenvalue weighted by molar-refractivity contribution is 0.223. The molecule has 0 aliphatic rings. The van der Waals surface area contributed by atoms with E-state index in [1.54, 1.807) is 0 Å². The number of nitrogens with zero attached hydrogens (tertiary/aromatic N) is 3. The predicted octanol–water partition coefficient (Wildman–Crippen LogP) is 7.71. The lowest BCUT2D eigenvalue weighted by atomic mass is 10.1.